The van der Waals surface area contributed by atoms with E-state index in [4.69, 9.17) is 17.3 Å². The predicted molar refractivity (Wildman–Crippen MR) is 71.3 cm³/mol. The molecule has 94 valence electrons. The third-order valence-corrected chi connectivity index (χ3v) is 3.82. The summed E-state index contributed by atoms with van der Waals surface area (Å²) in [5.74, 6) is 0.761. The van der Waals surface area contributed by atoms with E-state index in [1.54, 1.807) is 0 Å². The standard InChI is InChI=1S/C12H19ClN4/c1-17(9-6-4-2-3-5-7-9)12-10(14)11(13)15-8-16-12/h8-9H,2-7,14H2,1H3. The van der Waals surface area contributed by atoms with E-state index in [1.165, 1.54) is 44.9 Å². The van der Waals surface area contributed by atoms with Crippen molar-refractivity contribution in [3.05, 3.63) is 11.5 Å². The van der Waals surface area contributed by atoms with Gasteiger partial charge in [0.1, 0.15) is 12.0 Å². The van der Waals surface area contributed by atoms with Gasteiger partial charge in [0.15, 0.2) is 11.0 Å². The van der Waals surface area contributed by atoms with Gasteiger partial charge in [-0.05, 0) is 12.8 Å². The summed E-state index contributed by atoms with van der Waals surface area (Å²) in [5.41, 5.74) is 6.42. The summed E-state index contributed by atoms with van der Waals surface area (Å²) in [7, 11) is 2.05. The largest absolute Gasteiger partial charge is 0.393 e. The molecular formula is C12H19ClN4. The lowest BCUT2D eigenvalue weighted by Crippen LogP contribution is -2.32. The first-order valence-electron chi connectivity index (χ1n) is 6.19. The molecule has 2 rings (SSSR count). The number of anilines is 2. The van der Waals surface area contributed by atoms with Crippen molar-refractivity contribution in [3.8, 4) is 0 Å². The van der Waals surface area contributed by atoms with Gasteiger partial charge in [0.05, 0.1) is 0 Å². The molecule has 1 aromatic rings. The van der Waals surface area contributed by atoms with Crippen LogP contribution in [0.5, 0.6) is 0 Å². The molecule has 1 aliphatic carbocycles. The Hall–Kier alpha value is -1.03. The molecular weight excluding hydrogens is 236 g/mol. The van der Waals surface area contributed by atoms with Gasteiger partial charge in [0.25, 0.3) is 0 Å². The molecule has 5 heteroatoms. The maximum atomic E-state index is 5.93. The summed E-state index contributed by atoms with van der Waals surface area (Å²) in [6.45, 7) is 0. The fraction of sp³-hybridized carbons (Fsp3) is 0.667. The van der Waals surface area contributed by atoms with Crippen LogP contribution in [0.3, 0.4) is 0 Å². The molecule has 0 bridgehead atoms. The van der Waals surface area contributed by atoms with Crippen LogP contribution < -0.4 is 10.6 Å². The Bertz CT molecular complexity index is 375. The van der Waals surface area contributed by atoms with Gasteiger partial charge >= 0.3 is 0 Å². The monoisotopic (exact) mass is 254 g/mol. The maximum Gasteiger partial charge on any atom is 0.157 e. The Morgan fingerprint density at radius 2 is 1.88 bits per heavy atom. The van der Waals surface area contributed by atoms with Crippen molar-refractivity contribution in [1.82, 2.24) is 9.97 Å². The highest BCUT2D eigenvalue weighted by molar-refractivity contribution is 6.32. The van der Waals surface area contributed by atoms with Gasteiger partial charge in [-0.15, -0.1) is 0 Å². The fourth-order valence-electron chi connectivity index (χ4n) is 2.46. The van der Waals surface area contributed by atoms with E-state index in [-0.39, 0.29) is 0 Å². The Kier molecular flexibility index (Phi) is 4.05. The van der Waals surface area contributed by atoms with Crippen LogP contribution in [0, 0.1) is 0 Å². The third-order valence-electron chi connectivity index (χ3n) is 3.52. The first-order valence-corrected chi connectivity index (χ1v) is 6.56. The number of halogens is 1. The highest BCUT2D eigenvalue weighted by Gasteiger charge is 2.20. The lowest BCUT2D eigenvalue weighted by molar-refractivity contribution is 0.549. The average molecular weight is 255 g/mol. The zero-order valence-corrected chi connectivity index (χ0v) is 11.0. The second-order valence-corrected chi connectivity index (χ2v) is 5.02. The van der Waals surface area contributed by atoms with E-state index >= 15 is 0 Å². The molecule has 1 aliphatic rings. The van der Waals surface area contributed by atoms with Crippen molar-refractivity contribution in [2.45, 2.75) is 44.6 Å². The van der Waals surface area contributed by atoms with E-state index in [2.05, 4.69) is 14.9 Å². The van der Waals surface area contributed by atoms with E-state index in [9.17, 15) is 0 Å². The molecule has 17 heavy (non-hydrogen) atoms. The Labute approximate surface area is 107 Å². The lowest BCUT2D eigenvalue weighted by atomic mass is 10.1. The molecule has 0 atom stereocenters. The second-order valence-electron chi connectivity index (χ2n) is 4.66. The number of aromatic nitrogens is 2. The van der Waals surface area contributed by atoms with Gasteiger partial charge in [-0.25, -0.2) is 9.97 Å². The van der Waals surface area contributed by atoms with Gasteiger partial charge in [-0.2, -0.15) is 0 Å². The average Bonchev–Trinajstić information content (AvgIpc) is 2.60. The van der Waals surface area contributed by atoms with Crippen LogP contribution in [0.1, 0.15) is 38.5 Å². The molecule has 0 unspecified atom stereocenters. The van der Waals surface area contributed by atoms with Gasteiger partial charge < -0.3 is 10.6 Å². The molecule has 1 fully saturated rings. The first kappa shape index (κ1) is 12.4. The molecule has 0 amide bonds. The molecule has 1 aromatic heterocycles. The molecule has 1 saturated carbocycles. The minimum Gasteiger partial charge on any atom is -0.393 e. The smallest absolute Gasteiger partial charge is 0.157 e. The first-order chi connectivity index (χ1) is 8.20. The molecule has 0 spiro atoms. The molecule has 0 saturated heterocycles. The maximum absolute atomic E-state index is 5.93. The summed E-state index contributed by atoms with van der Waals surface area (Å²) < 4.78 is 0. The van der Waals surface area contributed by atoms with Crippen LogP contribution in [0.2, 0.25) is 5.15 Å². The topological polar surface area (TPSA) is 55.0 Å². The van der Waals surface area contributed by atoms with E-state index < -0.39 is 0 Å². The van der Waals surface area contributed by atoms with Gasteiger partial charge in [-0.3, -0.25) is 0 Å². The van der Waals surface area contributed by atoms with Crippen molar-refractivity contribution in [2.24, 2.45) is 0 Å². The number of rotatable bonds is 2. The minimum absolute atomic E-state index is 0.343. The van der Waals surface area contributed by atoms with Gasteiger partial charge in [0, 0.05) is 13.1 Å². The highest BCUT2D eigenvalue weighted by atomic mass is 35.5. The van der Waals surface area contributed by atoms with Crippen LogP contribution in [0.15, 0.2) is 6.33 Å². The van der Waals surface area contributed by atoms with Crippen LogP contribution in [-0.4, -0.2) is 23.1 Å². The molecule has 0 radical (unpaired) electrons. The normalized spacial score (nSPS) is 17.8. The fourth-order valence-corrected chi connectivity index (χ4v) is 2.59. The lowest BCUT2D eigenvalue weighted by Gasteiger charge is -2.29. The van der Waals surface area contributed by atoms with Crippen molar-refractivity contribution in [3.63, 3.8) is 0 Å². The van der Waals surface area contributed by atoms with Crippen molar-refractivity contribution in [1.29, 1.82) is 0 Å². The summed E-state index contributed by atoms with van der Waals surface area (Å²) in [4.78, 5) is 10.3. The number of hydrogen-bond acceptors (Lipinski definition) is 4. The number of nitrogen functional groups attached to an aromatic ring is 1. The number of hydrogen-bond donors (Lipinski definition) is 1. The van der Waals surface area contributed by atoms with Crippen LogP contribution in [0.4, 0.5) is 11.5 Å². The van der Waals surface area contributed by atoms with Crippen molar-refractivity contribution < 1.29 is 0 Å². The number of nitrogens with zero attached hydrogens (tertiary/aromatic N) is 3. The molecule has 2 N–H and O–H groups in total. The summed E-state index contributed by atoms with van der Waals surface area (Å²) >= 11 is 5.93. The second kappa shape index (κ2) is 5.54. The molecule has 4 nitrogen and oxygen atoms in total. The van der Waals surface area contributed by atoms with Crippen molar-refractivity contribution in [2.75, 3.05) is 17.7 Å². The predicted octanol–water partition coefficient (Wildman–Crippen LogP) is 2.87. The Morgan fingerprint density at radius 3 is 2.53 bits per heavy atom. The van der Waals surface area contributed by atoms with Crippen molar-refractivity contribution >= 4 is 23.1 Å². The Morgan fingerprint density at radius 1 is 1.24 bits per heavy atom. The zero-order valence-electron chi connectivity index (χ0n) is 10.2. The third kappa shape index (κ3) is 2.80. The molecule has 1 heterocycles. The van der Waals surface area contributed by atoms with Crippen LogP contribution in [0.25, 0.3) is 0 Å². The van der Waals surface area contributed by atoms with Gasteiger partial charge in [0.2, 0.25) is 0 Å². The molecule has 0 aromatic carbocycles. The quantitative estimate of drug-likeness (QED) is 0.651. The zero-order chi connectivity index (χ0) is 12.3. The SMILES string of the molecule is CN(c1ncnc(Cl)c1N)C1CCCCCC1. The van der Waals surface area contributed by atoms with E-state index in [0.29, 0.717) is 16.9 Å². The van der Waals surface area contributed by atoms with E-state index in [1.807, 2.05) is 7.05 Å². The number of nitrogens with two attached hydrogens (primary N) is 1. The highest BCUT2D eigenvalue weighted by Crippen LogP contribution is 2.30. The minimum atomic E-state index is 0.343. The summed E-state index contributed by atoms with van der Waals surface area (Å²) in [5, 5.41) is 0.343. The molecule has 0 aliphatic heterocycles. The summed E-state index contributed by atoms with van der Waals surface area (Å²) in [6.07, 6.45) is 9.13. The Balaban J connectivity index is 2.17. The van der Waals surface area contributed by atoms with Crippen LogP contribution in [-0.2, 0) is 0 Å². The van der Waals surface area contributed by atoms with E-state index in [0.717, 1.165) is 5.82 Å². The van der Waals surface area contributed by atoms with Gasteiger partial charge in [-0.1, -0.05) is 37.3 Å². The summed E-state index contributed by atoms with van der Waals surface area (Å²) in [6, 6.07) is 0.519. The van der Waals surface area contributed by atoms with Crippen LogP contribution >= 0.6 is 11.6 Å².